The van der Waals surface area contributed by atoms with Crippen LogP contribution in [-0.4, -0.2) is 74.9 Å². The Morgan fingerprint density at radius 3 is 1.19 bits per heavy atom. The molecule has 0 aromatic rings. The minimum atomic E-state index is -4.36. The van der Waals surface area contributed by atoms with Crippen LogP contribution in [0.15, 0.2) is 0 Å². The summed E-state index contributed by atoms with van der Waals surface area (Å²) < 4.78 is 34.3. The van der Waals surface area contributed by atoms with Gasteiger partial charge in [-0.1, -0.05) is 194 Å². The Morgan fingerprint density at radius 1 is 0.500 bits per heavy atom. The number of quaternary nitrogens is 1. The first-order valence-corrected chi connectivity index (χ1v) is 24.3. The van der Waals surface area contributed by atoms with Crippen molar-refractivity contribution in [2.75, 3.05) is 47.5 Å². The van der Waals surface area contributed by atoms with Crippen molar-refractivity contribution in [1.29, 1.82) is 0 Å². The maximum Gasteiger partial charge on any atom is 0.472 e. The molecule has 0 aliphatic rings. The number of unbranched alkanes of at least 4 members (excludes halogenated alkanes) is 28. The Kier molecular flexibility index (Phi) is 36.9. The van der Waals surface area contributed by atoms with Crippen molar-refractivity contribution < 1.29 is 42.1 Å². The Morgan fingerprint density at radius 2 is 0.833 bits per heavy atom. The van der Waals surface area contributed by atoms with Gasteiger partial charge in [0.15, 0.2) is 6.10 Å². The van der Waals surface area contributed by atoms with Gasteiger partial charge in [-0.2, -0.15) is 0 Å². The SMILES string of the molecule is CCCCCCCCCCCCCCCCCCCCCC(=O)OC[C@H](COP(=O)(O)OCC[N+](C)(C)C)OC(=O)CCCCCCCCCCCCC. The second-order valence-electron chi connectivity index (χ2n) is 16.8. The van der Waals surface area contributed by atoms with E-state index in [1.54, 1.807) is 0 Å². The number of hydrogen-bond donors (Lipinski definition) is 1. The third kappa shape index (κ3) is 40.7. The minimum absolute atomic E-state index is 0.0367. The van der Waals surface area contributed by atoms with Crippen LogP contribution in [0.4, 0.5) is 0 Å². The molecule has 0 aliphatic heterocycles. The lowest BCUT2D eigenvalue weighted by Gasteiger charge is -2.24. The molecular formula is C44H89NO8P+. The largest absolute Gasteiger partial charge is 0.472 e. The van der Waals surface area contributed by atoms with E-state index in [-0.39, 0.29) is 25.6 Å². The number of phosphoric acid groups is 1. The molecule has 0 amide bonds. The second kappa shape index (κ2) is 37.6. The molecule has 10 heteroatoms. The van der Waals surface area contributed by atoms with E-state index in [1.807, 2.05) is 21.1 Å². The Labute approximate surface area is 334 Å². The second-order valence-corrected chi connectivity index (χ2v) is 18.3. The zero-order chi connectivity index (χ0) is 40.0. The summed E-state index contributed by atoms with van der Waals surface area (Å²) in [5.74, 6) is -0.784. The van der Waals surface area contributed by atoms with Crippen molar-refractivity contribution in [2.24, 2.45) is 0 Å². The summed E-state index contributed by atoms with van der Waals surface area (Å²) in [6, 6.07) is 0. The molecule has 0 saturated carbocycles. The number of esters is 2. The number of phosphoric ester groups is 1. The van der Waals surface area contributed by atoms with E-state index in [4.69, 9.17) is 18.5 Å². The fraction of sp³-hybridized carbons (Fsp3) is 0.955. The highest BCUT2D eigenvalue weighted by Gasteiger charge is 2.27. The van der Waals surface area contributed by atoms with Crippen LogP contribution >= 0.6 is 7.82 Å². The first-order valence-electron chi connectivity index (χ1n) is 22.8. The van der Waals surface area contributed by atoms with Gasteiger partial charge in [-0.05, 0) is 12.8 Å². The van der Waals surface area contributed by atoms with Crippen molar-refractivity contribution in [3.8, 4) is 0 Å². The molecule has 0 heterocycles. The highest BCUT2D eigenvalue weighted by Crippen LogP contribution is 2.43. The predicted octanol–water partition coefficient (Wildman–Crippen LogP) is 12.8. The zero-order valence-corrected chi connectivity index (χ0v) is 37.1. The van der Waals surface area contributed by atoms with Gasteiger partial charge in [-0.25, -0.2) is 4.57 Å². The van der Waals surface area contributed by atoms with E-state index in [2.05, 4.69) is 13.8 Å². The van der Waals surface area contributed by atoms with Crippen molar-refractivity contribution in [3.63, 3.8) is 0 Å². The normalized spacial score (nSPS) is 13.5. The molecule has 54 heavy (non-hydrogen) atoms. The van der Waals surface area contributed by atoms with Gasteiger partial charge < -0.3 is 18.9 Å². The molecule has 0 saturated heterocycles. The van der Waals surface area contributed by atoms with E-state index in [9.17, 15) is 19.0 Å². The third-order valence-electron chi connectivity index (χ3n) is 10.1. The van der Waals surface area contributed by atoms with Crippen LogP contribution in [-0.2, 0) is 32.7 Å². The molecular weight excluding hydrogens is 701 g/mol. The summed E-state index contributed by atoms with van der Waals surface area (Å²) in [5.41, 5.74) is 0. The molecule has 1 N–H and O–H groups in total. The Hall–Kier alpha value is -0.990. The topological polar surface area (TPSA) is 108 Å². The van der Waals surface area contributed by atoms with E-state index in [0.717, 1.165) is 38.5 Å². The van der Waals surface area contributed by atoms with Crippen molar-refractivity contribution in [2.45, 2.75) is 225 Å². The first-order chi connectivity index (χ1) is 26.0. The molecule has 0 fully saturated rings. The summed E-state index contributed by atoms with van der Waals surface area (Å²) in [6.07, 6.45) is 37.2. The van der Waals surface area contributed by atoms with Crippen LogP contribution < -0.4 is 0 Å². The van der Waals surface area contributed by atoms with Gasteiger partial charge in [-0.3, -0.25) is 18.6 Å². The predicted molar refractivity (Wildman–Crippen MR) is 225 cm³/mol. The molecule has 0 aliphatic carbocycles. The molecule has 322 valence electrons. The zero-order valence-electron chi connectivity index (χ0n) is 36.2. The fourth-order valence-corrected chi connectivity index (χ4v) is 7.29. The number of carbonyl (C=O) groups is 2. The van der Waals surface area contributed by atoms with Crippen LogP contribution in [0.1, 0.15) is 219 Å². The van der Waals surface area contributed by atoms with Gasteiger partial charge >= 0.3 is 19.8 Å². The molecule has 0 aromatic carbocycles. The molecule has 0 radical (unpaired) electrons. The summed E-state index contributed by atoms with van der Waals surface area (Å²) >= 11 is 0. The smallest absolute Gasteiger partial charge is 0.462 e. The van der Waals surface area contributed by atoms with Crippen LogP contribution in [0.25, 0.3) is 0 Å². The fourth-order valence-electron chi connectivity index (χ4n) is 6.54. The van der Waals surface area contributed by atoms with Gasteiger partial charge in [0.25, 0.3) is 0 Å². The molecule has 0 aromatic heterocycles. The minimum Gasteiger partial charge on any atom is -0.462 e. The van der Waals surface area contributed by atoms with Crippen molar-refractivity contribution in [3.05, 3.63) is 0 Å². The lowest BCUT2D eigenvalue weighted by molar-refractivity contribution is -0.870. The number of nitrogens with zero attached hydrogens (tertiary/aromatic N) is 1. The summed E-state index contributed by atoms with van der Waals surface area (Å²) in [4.78, 5) is 35.3. The molecule has 0 spiro atoms. The number of carbonyl (C=O) groups excluding carboxylic acids is 2. The van der Waals surface area contributed by atoms with Gasteiger partial charge in [0.1, 0.15) is 19.8 Å². The number of rotatable bonds is 42. The Bertz CT molecular complexity index is 896. The van der Waals surface area contributed by atoms with E-state index in [1.165, 1.54) is 154 Å². The molecule has 0 bridgehead atoms. The van der Waals surface area contributed by atoms with Crippen LogP contribution in [0.2, 0.25) is 0 Å². The van der Waals surface area contributed by atoms with Gasteiger partial charge in [0, 0.05) is 12.8 Å². The first kappa shape index (κ1) is 53.0. The van der Waals surface area contributed by atoms with Crippen molar-refractivity contribution in [1.82, 2.24) is 0 Å². The van der Waals surface area contributed by atoms with Gasteiger partial charge in [0.2, 0.25) is 0 Å². The summed E-state index contributed by atoms with van der Waals surface area (Å²) in [7, 11) is 1.49. The Balaban J connectivity index is 4.22. The van der Waals surface area contributed by atoms with Crippen LogP contribution in [0.5, 0.6) is 0 Å². The third-order valence-corrected chi connectivity index (χ3v) is 11.1. The van der Waals surface area contributed by atoms with E-state index < -0.39 is 26.5 Å². The van der Waals surface area contributed by atoms with Crippen molar-refractivity contribution >= 4 is 19.8 Å². The average molecular weight is 791 g/mol. The molecule has 9 nitrogen and oxygen atoms in total. The monoisotopic (exact) mass is 791 g/mol. The van der Waals surface area contributed by atoms with Crippen LogP contribution in [0, 0.1) is 0 Å². The maximum absolute atomic E-state index is 12.6. The number of ether oxygens (including phenoxy) is 2. The number of hydrogen-bond acceptors (Lipinski definition) is 7. The average Bonchev–Trinajstić information content (AvgIpc) is 3.12. The number of likely N-dealkylation sites (N-methyl/N-ethyl adjacent to an activating group) is 1. The standard InChI is InChI=1S/C44H88NO8P/c1-6-8-10-12-14-16-18-19-20-21-22-23-24-25-27-28-30-32-34-36-43(46)50-40-42(41-52-54(48,49)51-39-38-45(3,4)5)53-44(47)37-35-33-31-29-26-17-15-13-11-9-7-2/h42H,6-41H2,1-5H3/p+1/t42-/m1/s1. The van der Waals surface area contributed by atoms with E-state index >= 15 is 0 Å². The van der Waals surface area contributed by atoms with Gasteiger partial charge in [0.05, 0.1) is 27.7 Å². The lowest BCUT2D eigenvalue weighted by atomic mass is 10.0. The summed E-state index contributed by atoms with van der Waals surface area (Å²) in [6.45, 7) is 4.45. The highest BCUT2D eigenvalue weighted by molar-refractivity contribution is 7.47. The summed E-state index contributed by atoms with van der Waals surface area (Å²) in [5, 5.41) is 0. The quantitative estimate of drug-likeness (QED) is 0.0282. The highest BCUT2D eigenvalue weighted by atomic mass is 31.2. The molecule has 2 atom stereocenters. The lowest BCUT2D eigenvalue weighted by Crippen LogP contribution is -2.37. The van der Waals surface area contributed by atoms with Gasteiger partial charge in [-0.15, -0.1) is 0 Å². The van der Waals surface area contributed by atoms with E-state index in [0.29, 0.717) is 17.4 Å². The molecule has 0 rings (SSSR count). The molecule has 1 unspecified atom stereocenters. The maximum atomic E-state index is 12.6. The van der Waals surface area contributed by atoms with Crippen LogP contribution in [0.3, 0.4) is 0 Å².